The fraction of sp³-hybridized carbons (Fsp3) is 0.227. The number of thioether (sulfide) groups is 1. The summed E-state index contributed by atoms with van der Waals surface area (Å²) in [5, 5.41) is 0.630. The molecule has 1 aliphatic rings. The Morgan fingerprint density at radius 2 is 1.93 bits per heavy atom. The molecule has 30 heavy (non-hydrogen) atoms. The van der Waals surface area contributed by atoms with Crippen LogP contribution >= 0.6 is 11.8 Å². The highest BCUT2D eigenvalue weighted by Crippen LogP contribution is 2.32. The maximum atomic E-state index is 13.6. The van der Waals surface area contributed by atoms with Gasteiger partial charge >= 0.3 is 5.97 Å². The van der Waals surface area contributed by atoms with Crippen molar-refractivity contribution in [2.75, 3.05) is 24.8 Å². The van der Waals surface area contributed by atoms with E-state index in [0.29, 0.717) is 40.8 Å². The maximum Gasteiger partial charge on any atom is 0.338 e. The number of methoxy groups -OCH3 is 1. The van der Waals surface area contributed by atoms with Crippen molar-refractivity contribution in [3.63, 3.8) is 0 Å². The predicted octanol–water partition coefficient (Wildman–Crippen LogP) is 4.11. The van der Waals surface area contributed by atoms with Gasteiger partial charge in [0.2, 0.25) is 0 Å². The Bertz CT molecular complexity index is 1110. The number of amides is 1. The van der Waals surface area contributed by atoms with Crippen LogP contribution in [0.2, 0.25) is 0 Å². The number of hydrogen-bond donors (Lipinski definition) is 0. The van der Waals surface area contributed by atoms with Crippen LogP contribution in [-0.2, 0) is 11.2 Å². The van der Waals surface area contributed by atoms with Gasteiger partial charge in [0.15, 0.2) is 5.16 Å². The summed E-state index contributed by atoms with van der Waals surface area (Å²) in [7, 11) is 1.35. The second kappa shape index (κ2) is 8.31. The van der Waals surface area contributed by atoms with Gasteiger partial charge in [-0.1, -0.05) is 17.8 Å². The number of fused-ring (bicyclic) bond motifs is 1. The Hall–Kier alpha value is -3.13. The van der Waals surface area contributed by atoms with Gasteiger partial charge in [0.1, 0.15) is 11.5 Å². The molecule has 0 radical (unpaired) electrons. The SMILES string of the molecule is COC(=O)c1cccc2c1CCCN2C(=O)c1cnc(SC)n1-c1ccc(F)cc1. The lowest BCUT2D eigenvalue weighted by molar-refractivity contribution is 0.0599. The number of carbonyl (C=O) groups excluding carboxylic acids is 2. The first kappa shape index (κ1) is 20.2. The zero-order valence-corrected chi connectivity index (χ0v) is 17.4. The summed E-state index contributed by atoms with van der Waals surface area (Å²) in [5.41, 5.74) is 3.02. The summed E-state index contributed by atoms with van der Waals surface area (Å²) in [6.07, 6.45) is 4.83. The molecule has 0 N–H and O–H groups in total. The molecule has 0 bridgehead atoms. The van der Waals surface area contributed by atoms with Crippen LogP contribution in [0.5, 0.6) is 0 Å². The highest BCUT2D eigenvalue weighted by Gasteiger charge is 2.29. The fourth-order valence-electron chi connectivity index (χ4n) is 3.74. The van der Waals surface area contributed by atoms with E-state index in [9.17, 15) is 14.0 Å². The molecule has 154 valence electrons. The number of anilines is 1. The number of carbonyl (C=O) groups is 2. The van der Waals surface area contributed by atoms with Crippen molar-refractivity contribution in [2.45, 2.75) is 18.0 Å². The summed E-state index contributed by atoms with van der Waals surface area (Å²) in [5.74, 6) is -0.991. The third-order valence-corrected chi connectivity index (χ3v) is 5.77. The number of nitrogens with zero attached hydrogens (tertiary/aromatic N) is 3. The van der Waals surface area contributed by atoms with E-state index in [0.717, 1.165) is 12.0 Å². The standard InChI is InChI=1S/C22H20FN3O3S/c1-29-21(28)17-5-3-7-18-16(17)6-4-12-25(18)20(27)19-13-24-22(30-2)26(19)15-10-8-14(23)9-11-15/h3,5,7-11,13H,4,6,12H2,1-2H3. The molecule has 1 aliphatic heterocycles. The summed E-state index contributed by atoms with van der Waals surface area (Å²) >= 11 is 1.40. The molecule has 2 heterocycles. The van der Waals surface area contributed by atoms with Crippen LogP contribution in [0.1, 0.15) is 32.8 Å². The van der Waals surface area contributed by atoms with E-state index in [1.165, 1.54) is 37.2 Å². The number of aromatic nitrogens is 2. The molecule has 6 nitrogen and oxygen atoms in total. The first-order chi connectivity index (χ1) is 14.5. The predicted molar refractivity (Wildman–Crippen MR) is 113 cm³/mol. The molecule has 1 aromatic heterocycles. The van der Waals surface area contributed by atoms with E-state index < -0.39 is 5.97 Å². The minimum atomic E-state index is -0.415. The van der Waals surface area contributed by atoms with E-state index in [1.807, 2.05) is 12.3 Å². The first-order valence-electron chi connectivity index (χ1n) is 9.45. The second-order valence-corrected chi connectivity index (χ2v) is 7.57. The van der Waals surface area contributed by atoms with Gasteiger partial charge in [0, 0.05) is 17.9 Å². The number of benzene rings is 2. The molecule has 0 aliphatic carbocycles. The van der Waals surface area contributed by atoms with Crippen LogP contribution in [0.3, 0.4) is 0 Å². The molecule has 4 rings (SSSR count). The Balaban J connectivity index is 1.78. The highest BCUT2D eigenvalue weighted by atomic mass is 32.2. The van der Waals surface area contributed by atoms with Crippen LogP contribution in [0.15, 0.2) is 53.8 Å². The molecular formula is C22H20FN3O3S. The maximum absolute atomic E-state index is 13.6. The minimum absolute atomic E-state index is 0.227. The largest absolute Gasteiger partial charge is 0.465 e. The number of hydrogen-bond acceptors (Lipinski definition) is 5. The third kappa shape index (κ3) is 3.47. The number of rotatable bonds is 4. The van der Waals surface area contributed by atoms with Gasteiger partial charge in [-0.05, 0) is 61.1 Å². The van der Waals surface area contributed by atoms with Crippen molar-refractivity contribution in [3.05, 3.63) is 71.3 Å². The molecule has 2 aromatic carbocycles. The molecule has 0 fully saturated rings. The number of ether oxygens (including phenoxy) is 1. The molecule has 8 heteroatoms. The van der Waals surface area contributed by atoms with Gasteiger partial charge in [0.05, 0.1) is 18.9 Å². The van der Waals surface area contributed by atoms with Crippen molar-refractivity contribution in [3.8, 4) is 5.69 Å². The molecule has 1 amide bonds. The van der Waals surface area contributed by atoms with Gasteiger partial charge in [-0.25, -0.2) is 14.2 Å². The molecular weight excluding hydrogens is 405 g/mol. The van der Waals surface area contributed by atoms with E-state index in [2.05, 4.69) is 4.98 Å². The van der Waals surface area contributed by atoms with Crippen LogP contribution in [-0.4, -0.2) is 41.3 Å². The summed E-state index contributed by atoms with van der Waals surface area (Å²) in [4.78, 5) is 31.8. The third-order valence-electron chi connectivity index (χ3n) is 5.12. The van der Waals surface area contributed by atoms with Crippen molar-refractivity contribution in [1.29, 1.82) is 0 Å². The van der Waals surface area contributed by atoms with E-state index in [4.69, 9.17) is 4.74 Å². The lowest BCUT2D eigenvalue weighted by Crippen LogP contribution is -2.37. The van der Waals surface area contributed by atoms with Gasteiger partial charge in [0.25, 0.3) is 5.91 Å². The minimum Gasteiger partial charge on any atom is -0.465 e. The number of imidazole rings is 1. The zero-order chi connectivity index (χ0) is 21.3. The quantitative estimate of drug-likeness (QED) is 0.465. The Morgan fingerprint density at radius 1 is 1.17 bits per heavy atom. The molecule has 3 aromatic rings. The normalized spacial score (nSPS) is 13.1. The highest BCUT2D eigenvalue weighted by molar-refractivity contribution is 7.98. The van der Waals surface area contributed by atoms with E-state index in [-0.39, 0.29) is 11.7 Å². The fourth-order valence-corrected chi connectivity index (χ4v) is 4.29. The number of halogens is 1. The van der Waals surface area contributed by atoms with Crippen molar-refractivity contribution < 1.29 is 18.7 Å². The van der Waals surface area contributed by atoms with Gasteiger partial charge in [-0.15, -0.1) is 0 Å². The Morgan fingerprint density at radius 3 is 2.63 bits per heavy atom. The summed E-state index contributed by atoms with van der Waals surface area (Å²) in [6.45, 7) is 0.527. The molecule has 0 saturated carbocycles. The van der Waals surface area contributed by atoms with Gasteiger partial charge in [-0.2, -0.15) is 0 Å². The smallest absolute Gasteiger partial charge is 0.338 e. The monoisotopic (exact) mass is 425 g/mol. The van der Waals surface area contributed by atoms with E-state index in [1.54, 1.807) is 33.7 Å². The van der Waals surface area contributed by atoms with Crippen molar-refractivity contribution in [2.24, 2.45) is 0 Å². The van der Waals surface area contributed by atoms with Crippen LogP contribution in [0.4, 0.5) is 10.1 Å². The Labute approximate surface area is 177 Å². The molecule has 0 saturated heterocycles. The van der Waals surface area contributed by atoms with Crippen molar-refractivity contribution in [1.82, 2.24) is 9.55 Å². The lowest BCUT2D eigenvalue weighted by Gasteiger charge is -2.30. The van der Waals surface area contributed by atoms with Gasteiger partial charge in [-0.3, -0.25) is 9.36 Å². The second-order valence-electron chi connectivity index (χ2n) is 6.80. The van der Waals surface area contributed by atoms with Crippen LogP contribution in [0, 0.1) is 5.82 Å². The van der Waals surface area contributed by atoms with E-state index >= 15 is 0 Å². The topological polar surface area (TPSA) is 64.4 Å². The first-order valence-corrected chi connectivity index (χ1v) is 10.7. The molecule has 0 atom stereocenters. The zero-order valence-electron chi connectivity index (χ0n) is 16.6. The average Bonchev–Trinajstić information content (AvgIpc) is 3.22. The number of esters is 1. The van der Waals surface area contributed by atoms with Crippen molar-refractivity contribution >= 4 is 29.3 Å². The Kier molecular flexibility index (Phi) is 5.59. The summed E-state index contributed by atoms with van der Waals surface area (Å²) < 4.78 is 20.0. The lowest BCUT2D eigenvalue weighted by atomic mass is 9.96. The van der Waals surface area contributed by atoms with Crippen LogP contribution in [0.25, 0.3) is 5.69 Å². The average molecular weight is 425 g/mol. The molecule has 0 spiro atoms. The summed E-state index contributed by atoms with van der Waals surface area (Å²) in [6, 6.07) is 11.3. The van der Waals surface area contributed by atoms with Crippen LogP contribution < -0.4 is 4.90 Å². The molecule has 0 unspecified atom stereocenters. The van der Waals surface area contributed by atoms with Gasteiger partial charge < -0.3 is 9.64 Å².